The molecule has 0 saturated carbocycles. The first kappa shape index (κ1) is 17.5. The topological polar surface area (TPSA) is 48.7 Å². The van der Waals surface area contributed by atoms with E-state index in [2.05, 4.69) is 4.98 Å². The van der Waals surface area contributed by atoms with Gasteiger partial charge in [0.25, 0.3) is 0 Å². The molecular formula is C21H18ClN3O2. The zero-order valence-corrected chi connectivity index (χ0v) is 15.8. The first-order valence-electron chi connectivity index (χ1n) is 8.47. The first-order valence-corrected chi connectivity index (χ1v) is 8.85. The van der Waals surface area contributed by atoms with Crippen LogP contribution in [0.4, 0.5) is 0 Å². The highest BCUT2D eigenvalue weighted by Crippen LogP contribution is 2.32. The number of hydrogen-bond donors (Lipinski definition) is 0. The molecule has 0 saturated heterocycles. The summed E-state index contributed by atoms with van der Waals surface area (Å²) in [5.74, 6) is 0.812. The summed E-state index contributed by atoms with van der Waals surface area (Å²) in [7, 11) is 3.32. The van der Waals surface area contributed by atoms with E-state index in [9.17, 15) is 0 Å². The molecule has 4 aromatic rings. The second-order valence-electron chi connectivity index (χ2n) is 6.06. The molecule has 27 heavy (non-hydrogen) atoms. The van der Waals surface area contributed by atoms with Crippen LogP contribution in [0.15, 0.2) is 60.8 Å². The molecule has 0 aliphatic rings. The molecule has 2 heterocycles. The number of hydrogen-bond acceptors (Lipinski definition) is 4. The fraction of sp³-hybridized carbons (Fsp3) is 0.143. The van der Waals surface area contributed by atoms with Crippen LogP contribution < -0.4 is 4.74 Å². The average molecular weight is 380 g/mol. The molecule has 0 unspecified atom stereocenters. The van der Waals surface area contributed by atoms with Crippen LogP contribution in [0.5, 0.6) is 5.75 Å². The molecule has 0 spiro atoms. The lowest BCUT2D eigenvalue weighted by atomic mass is 10.1. The first-order chi connectivity index (χ1) is 13.2. The molecule has 0 amide bonds. The largest absolute Gasteiger partial charge is 0.497 e. The van der Waals surface area contributed by atoms with Crippen LogP contribution >= 0.6 is 11.6 Å². The molecule has 0 aliphatic heterocycles. The van der Waals surface area contributed by atoms with Crippen LogP contribution in [0.2, 0.25) is 5.02 Å². The molecular weight excluding hydrogens is 362 g/mol. The number of halogens is 1. The summed E-state index contributed by atoms with van der Waals surface area (Å²) in [6, 6.07) is 17.5. The molecule has 0 aliphatic carbocycles. The minimum atomic E-state index is 0.392. The van der Waals surface area contributed by atoms with Gasteiger partial charge in [0.05, 0.1) is 30.7 Å². The van der Waals surface area contributed by atoms with Crippen molar-refractivity contribution in [2.45, 2.75) is 6.61 Å². The fourth-order valence-electron chi connectivity index (χ4n) is 3.12. The maximum Gasteiger partial charge on any atom is 0.163 e. The van der Waals surface area contributed by atoms with Crippen molar-refractivity contribution in [3.63, 3.8) is 0 Å². The predicted octanol–water partition coefficient (Wildman–Crippen LogP) is 4.87. The highest BCUT2D eigenvalue weighted by Gasteiger charge is 2.18. The van der Waals surface area contributed by atoms with E-state index in [1.165, 1.54) is 0 Å². The molecule has 5 nitrogen and oxygen atoms in total. The van der Waals surface area contributed by atoms with Crippen molar-refractivity contribution in [1.82, 2.24) is 14.6 Å². The fourth-order valence-corrected chi connectivity index (χ4v) is 3.25. The Bertz CT molecular complexity index is 1070. The minimum absolute atomic E-state index is 0.392. The van der Waals surface area contributed by atoms with Crippen molar-refractivity contribution in [2.24, 2.45) is 0 Å². The van der Waals surface area contributed by atoms with Gasteiger partial charge in [0, 0.05) is 23.9 Å². The summed E-state index contributed by atoms with van der Waals surface area (Å²) in [5.41, 5.74) is 5.52. The predicted molar refractivity (Wildman–Crippen MR) is 106 cm³/mol. The Morgan fingerprint density at radius 1 is 0.926 bits per heavy atom. The van der Waals surface area contributed by atoms with Crippen LogP contribution in [0.25, 0.3) is 28.0 Å². The van der Waals surface area contributed by atoms with Crippen molar-refractivity contribution < 1.29 is 9.47 Å². The lowest BCUT2D eigenvalue weighted by Crippen LogP contribution is -1.96. The quantitative estimate of drug-likeness (QED) is 0.496. The van der Waals surface area contributed by atoms with E-state index in [1.807, 2.05) is 59.1 Å². The number of aromatic nitrogens is 3. The van der Waals surface area contributed by atoms with Gasteiger partial charge >= 0.3 is 0 Å². The molecule has 4 rings (SSSR count). The van der Waals surface area contributed by atoms with Crippen molar-refractivity contribution in [3.05, 3.63) is 71.5 Å². The van der Waals surface area contributed by atoms with Crippen LogP contribution in [0.1, 0.15) is 5.69 Å². The van der Waals surface area contributed by atoms with Gasteiger partial charge in [0.1, 0.15) is 5.75 Å². The highest BCUT2D eigenvalue weighted by atomic mass is 35.5. The van der Waals surface area contributed by atoms with Gasteiger partial charge in [-0.25, -0.2) is 9.50 Å². The lowest BCUT2D eigenvalue weighted by molar-refractivity contribution is 0.181. The van der Waals surface area contributed by atoms with Crippen molar-refractivity contribution in [3.8, 4) is 28.1 Å². The summed E-state index contributed by atoms with van der Waals surface area (Å²) in [4.78, 5) is 4.59. The number of rotatable bonds is 5. The van der Waals surface area contributed by atoms with Crippen molar-refractivity contribution >= 4 is 17.2 Å². The molecule has 0 bridgehead atoms. The summed E-state index contributed by atoms with van der Waals surface area (Å²) in [5, 5.41) is 5.48. The zero-order valence-electron chi connectivity index (χ0n) is 15.0. The second kappa shape index (κ2) is 7.39. The van der Waals surface area contributed by atoms with Gasteiger partial charge in [-0.2, -0.15) is 5.10 Å². The summed E-state index contributed by atoms with van der Waals surface area (Å²) < 4.78 is 12.5. The van der Waals surface area contributed by atoms with E-state index in [0.29, 0.717) is 11.6 Å². The van der Waals surface area contributed by atoms with Crippen LogP contribution in [0, 0.1) is 0 Å². The maximum atomic E-state index is 6.05. The van der Waals surface area contributed by atoms with E-state index in [1.54, 1.807) is 20.4 Å². The number of methoxy groups -OCH3 is 2. The third kappa shape index (κ3) is 3.27. The Kier molecular flexibility index (Phi) is 4.79. The highest BCUT2D eigenvalue weighted by molar-refractivity contribution is 6.30. The van der Waals surface area contributed by atoms with Gasteiger partial charge in [0.15, 0.2) is 5.65 Å². The summed E-state index contributed by atoms with van der Waals surface area (Å²) >= 11 is 6.05. The molecule has 6 heteroatoms. The van der Waals surface area contributed by atoms with E-state index in [4.69, 9.17) is 26.2 Å². The SMILES string of the molecule is COCc1nn2c(-c3ccc(OC)cc3)ccnc2c1-c1ccc(Cl)cc1. The maximum absolute atomic E-state index is 6.05. The third-order valence-corrected chi connectivity index (χ3v) is 4.64. The Balaban J connectivity index is 1.93. The standard InChI is InChI=1S/C21H18ClN3O2/c1-26-13-18-20(15-3-7-16(22)8-4-15)21-23-12-11-19(25(21)24-18)14-5-9-17(27-2)10-6-14/h3-12H,13H2,1-2H3. The molecule has 0 fully saturated rings. The molecule has 0 radical (unpaired) electrons. The summed E-state index contributed by atoms with van der Waals surface area (Å²) in [6.07, 6.45) is 1.80. The number of ether oxygens (including phenoxy) is 2. The minimum Gasteiger partial charge on any atom is -0.497 e. The van der Waals surface area contributed by atoms with Crippen molar-refractivity contribution in [2.75, 3.05) is 14.2 Å². The van der Waals surface area contributed by atoms with Gasteiger partial charge < -0.3 is 9.47 Å². The van der Waals surface area contributed by atoms with Gasteiger partial charge in [-0.05, 0) is 48.0 Å². The Hall–Kier alpha value is -2.89. The van der Waals surface area contributed by atoms with Gasteiger partial charge in [-0.15, -0.1) is 0 Å². The van der Waals surface area contributed by atoms with Gasteiger partial charge in [-0.3, -0.25) is 0 Å². The van der Waals surface area contributed by atoms with Gasteiger partial charge in [0.2, 0.25) is 0 Å². The molecule has 136 valence electrons. The molecule has 0 atom stereocenters. The summed E-state index contributed by atoms with van der Waals surface area (Å²) in [6.45, 7) is 0.392. The normalized spacial score (nSPS) is 11.1. The average Bonchev–Trinajstić information content (AvgIpc) is 3.07. The number of fused-ring (bicyclic) bond motifs is 1. The van der Waals surface area contributed by atoms with Crippen LogP contribution in [-0.2, 0) is 11.3 Å². The lowest BCUT2D eigenvalue weighted by Gasteiger charge is -2.06. The Morgan fingerprint density at radius 2 is 1.63 bits per heavy atom. The monoisotopic (exact) mass is 379 g/mol. The van der Waals surface area contributed by atoms with E-state index < -0.39 is 0 Å². The van der Waals surface area contributed by atoms with Crippen LogP contribution in [-0.4, -0.2) is 28.8 Å². The molecule has 2 aromatic heterocycles. The third-order valence-electron chi connectivity index (χ3n) is 4.39. The Morgan fingerprint density at radius 3 is 2.30 bits per heavy atom. The molecule has 0 N–H and O–H groups in total. The van der Waals surface area contributed by atoms with Crippen molar-refractivity contribution in [1.29, 1.82) is 0 Å². The number of benzene rings is 2. The Labute approximate surface area is 162 Å². The van der Waals surface area contributed by atoms with E-state index in [0.717, 1.165) is 39.5 Å². The molecule has 2 aromatic carbocycles. The van der Waals surface area contributed by atoms with Crippen LogP contribution in [0.3, 0.4) is 0 Å². The van der Waals surface area contributed by atoms with E-state index in [-0.39, 0.29) is 0 Å². The second-order valence-corrected chi connectivity index (χ2v) is 6.49. The smallest absolute Gasteiger partial charge is 0.163 e. The zero-order chi connectivity index (χ0) is 18.8. The number of nitrogens with zero attached hydrogens (tertiary/aromatic N) is 3. The van der Waals surface area contributed by atoms with E-state index >= 15 is 0 Å². The van der Waals surface area contributed by atoms with Gasteiger partial charge in [-0.1, -0.05) is 23.7 Å².